The van der Waals surface area contributed by atoms with E-state index in [1.165, 1.54) is 12.8 Å². The molecule has 1 saturated carbocycles. The highest BCUT2D eigenvalue weighted by Gasteiger charge is 2.31. The predicted octanol–water partition coefficient (Wildman–Crippen LogP) is 1.36. The molecule has 0 aromatic carbocycles. The maximum atomic E-state index is 11.4. The number of amides is 2. The van der Waals surface area contributed by atoms with Crippen LogP contribution < -0.4 is 10.6 Å². The number of hydrogen-bond donors (Lipinski definition) is 3. The van der Waals surface area contributed by atoms with Crippen LogP contribution in [0.2, 0.25) is 0 Å². The topological polar surface area (TPSA) is 78.4 Å². The molecule has 3 rings (SSSR count). The molecule has 1 fully saturated rings. The van der Waals surface area contributed by atoms with E-state index in [9.17, 15) is 9.59 Å². The Kier molecular flexibility index (Phi) is 4.23. The van der Waals surface area contributed by atoms with Gasteiger partial charge in [0.1, 0.15) is 0 Å². The number of carboxylic acids is 1. The van der Waals surface area contributed by atoms with Crippen molar-refractivity contribution in [2.75, 3.05) is 13.1 Å². The second-order valence-corrected chi connectivity index (χ2v) is 5.16. The number of rotatable bonds is 5. The van der Waals surface area contributed by atoms with Gasteiger partial charge in [-0.3, -0.25) is 4.79 Å². The monoisotopic (exact) mass is 252 g/mol. The van der Waals surface area contributed by atoms with E-state index >= 15 is 0 Å². The van der Waals surface area contributed by atoms with Gasteiger partial charge in [-0.05, 0) is 37.0 Å². The molecule has 0 aromatic rings. The number of fused-ring (bicyclic) bond motifs is 2. The standard InChI is InChI=1S/C13H20N2O3/c16-12(17)5-6-14-13(18)15-8-11-7-9-1-3-10(11)4-2-9/h1,3,9-11H,2,4-8H2,(H,16,17)(H2,14,15,18). The van der Waals surface area contributed by atoms with E-state index in [4.69, 9.17) is 5.11 Å². The number of hydrogen-bond acceptors (Lipinski definition) is 2. The molecule has 2 amide bonds. The fourth-order valence-corrected chi connectivity index (χ4v) is 2.86. The average Bonchev–Trinajstić information content (AvgIpc) is 2.37. The number of aliphatic carboxylic acids is 1. The Morgan fingerprint density at radius 2 is 2.06 bits per heavy atom. The minimum atomic E-state index is -0.898. The van der Waals surface area contributed by atoms with E-state index in [0.717, 1.165) is 6.42 Å². The van der Waals surface area contributed by atoms with Gasteiger partial charge in [-0.2, -0.15) is 0 Å². The molecule has 0 saturated heterocycles. The molecule has 3 unspecified atom stereocenters. The molecule has 5 heteroatoms. The molecule has 3 atom stereocenters. The van der Waals surface area contributed by atoms with Crippen molar-refractivity contribution < 1.29 is 14.7 Å². The summed E-state index contributed by atoms with van der Waals surface area (Å²) in [5, 5.41) is 13.8. The molecule has 0 heterocycles. The number of nitrogens with one attached hydrogen (secondary N) is 2. The summed E-state index contributed by atoms with van der Waals surface area (Å²) in [6, 6.07) is -0.262. The third kappa shape index (κ3) is 3.48. The number of carbonyl (C=O) groups excluding carboxylic acids is 1. The normalized spacial score (nSPS) is 29.0. The van der Waals surface area contributed by atoms with Gasteiger partial charge >= 0.3 is 12.0 Å². The molecule has 3 aliphatic rings. The molecule has 18 heavy (non-hydrogen) atoms. The van der Waals surface area contributed by atoms with Crippen LogP contribution in [0.15, 0.2) is 12.2 Å². The van der Waals surface area contributed by atoms with E-state index in [0.29, 0.717) is 24.3 Å². The molecular formula is C13H20N2O3. The van der Waals surface area contributed by atoms with Gasteiger partial charge in [0.2, 0.25) is 0 Å². The first-order chi connectivity index (χ1) is 8.65. The Morgan fingerprint density at radius 3 is 2.61 bits per heavy atom. The lowest BCUT2D eigenvalue weighted by molar-refractivity contribution is -0.136. The van der Waals surface area contributed by atoms with E-state index in [2.05, 4.69) is 22.8 Å². The Bertz CT molecular complexity index is 354. The Morgan fingerprint density at radius 1 is 1.22 bits per heavy atom. The van der Waals surface area contributed by atoms with Crippen molar-refractivity contribution in [1.29, 1.82) is 0 Å². The smallest absolute Gasteiger partial charge is 0.314 e. The molecule has 0 aliphatic heterocycles. The van der Waals surface area contributed by atoms with Crippen molar-refractivity contribution in [2.45, 2.75) is 25.7 Å². The Labute approximate surface area is 107 Å². The predicted molar refractivity (Wildman–Crippen MR) is 67.1 cm³/mol. The molecule has 3 aliphatic carbocycles. The Balaban J connectivity index is 1.64. The summed E-state index contributed by atoms with van der Waals surface area (Å²) < 4.78 is 0. The third-order valence-electron chi connectivity index (χ3n) is 3.86. The van der Waals surface area contributed by atoms with Crippen molar-refractivity contribution in [3.05, 3.63) is 12.2 Å². The van der Waals surface area contributed by atoms with Gasteiger partial charge in [-0.1, -0.05) is 12.2 Å². The van der Waals surface area contributed by atoms with Gasteiger partial charge in [0.25, 0.3) is 0 Å². The highest BCUT2D eigenvalue weighted by molar-refractivity contribution is 5.74. The van der Waals surface area contributed by atoms with Gasteiger partial charge in [-0.25, -0.2) is 4.79 Å². The van der Waals surface area contributed by atoms with Gasteiger partial charge in [-0.15, -0.1) is 0 Å². The summed E-state index contributed by atoms with van der Waals surface area (Å²) in [4.78, 5) is 21.7. The van der Waals surface area contributed by atoms with E-state index in [-0.39, 0.29) is 19.0 Å². The highest BCUT2D eigenvalue weighted by atomic mass is 16.4. The molecule has 100 valence electrons. The second-order valence-electron chi connectivity index (χ2n) is 5.16. The summed E-state index contributed by atoms with van der Waals surface area (Å²) >= 11 is 0. The van der Waals surface area contributed by atoms with Crippen molar-refractivity contribution in [3.8, 4) is 0 Å². The molecule has 0 spiro atoms. The van der Waals surface area contributed by atoms with Crippen LogP contribution in [-0.2, 0) is 4.79 Å². The first kappa shape index (κ1) is 12.9. The molecule has 3 N–H and O–H groups in total. The number of carboxylic acid groups (broad SMARTS) is 1. The van der Waals surface area contributed by atoms with Crippen LogP contribution in [0.5, 0.6) is 0 Å². The lowest BCUT2D eigenvalue weighted by atomic mass is 9.69. The highest BCUT2D eigenvalue weighted by Crippen LogP contribution is 2.39. The van der Waals surface area contributed by atoms with E-state index in [1.807, 2.05) is 0 Å². The zero-order valence-corrected chi connectivity index (χ0v) is 10.4. The molecule has 5 nitrogen and oxygen atoms in total. The lowest BCUT2D eigenvalue weighted by Gasteiger charge is -2.38. The van der Waals surface area contributed by atoms with Gasteiger partial charge in [0, 0.05) is 13.1 Å². The van der Waals surface area contributed by atoms with Crippen LogP contribution in [0.3, 0.4) is 0 Å². The van der Waals surface area contributed by atoms with Crippen LogP contribution >= 0.6 is 0 Å². The third-order valence-corrected chi connectivity index (χ3v) is 3.86. The summed E-state index contributed by atoms with van der Waals surface area (Å²) in [7, 11) is 0. The summed E-state index contributed by atoms with van der Waals surface area (Å²) in [6.45, 7) is 0.863. The zero-order chi connectivity index (χ0) is 13.0. The van der Waals surface area contributed by atoms with Gasteiger partial charge in [0.15, 0.2) is 0 Å². The first-order valence-corrected chi connectivity index (χ1v) is 6.57. The number of urea groups is 1. The SMILES string of the molecule is O=C(O)CCNC(=O)NCC1CC2C=CC1CC2. The molecule has 2 bridgehead atoms. The minimum absolute atomic E-state index is 0.0374. The van der Waals surface area contributed by atoms with E-state index in [1.54, 1.807) is 0 Å². The number of carbonyl (C=O) groups is 2. The van der Waals surface area contributed by atoms with Crippen LogP contribution in [0.4, 0.5) is 4.79 Å². The Hall–Kier alpha value is -1.52. The van der Waals surface area contributed by atoms with Crippen LogP contribution in [-0.4, -0.2) is 30.2 Å². The number of allylic oxidation sites excluding steroid dienone is 2. The van der Waals surface area contributed by atoms with Crippen molar-refractivity contribution >= 4 is 12.0 Å². The van der Waals surface area contributed by atoms with Crippen molar-refractivity contribution in [2.24, 2.45) is 17.8 Å². The first-order valence-electron chi connectivity index (χ1n) is 6.57. The van der Waals surface area contributed by atoms with Crippen molar-refractivity contribution in [1.82, 2.24) is 10.6 Å². The lowest BCUT2D eigenvalue weighted by Crippen LogP contribution is -2.42. The van der Waals surface area contributed by atoms with Crippen LogP contribution in [0, 0.1) is 17.8 Å². The average molecular weight is 252 g/mol. The molecule has 0 aromatic heterocycles. The summed E-state index contributed by atoms with van der Waals surface area (Å²) in [5.41, 5.74) is 0. The molecule has 0 radical (unpaired) electrons. The maximum Gasteiger partial charge on any atom is 0.314 e. The zero-order valence-electron chi connectivity index (χ0n) is 10.4. The van der Waals surface area contributed by atoms with Gasteiger partial charge in [0.05, 0.1) is 6.42 Å². The second kappa shape index (κ2) is 5.89. The fraction of sp³-hybridized carbons (Fsp3) is 0.692. The summed E-state index contributed by atoms with van der Waals surface area (Å²) in [5.74, 6) is 0.940. The van der Waals surface area contributed by atoms with Crippen molar-refractivity contribution in [3.63, 3.8) is 0 Å². The van der Waals surface area contributed by atoms with E-state index < -0.39 is 5.97 Å². The molecular weight excluding hydrogens is 232 g/mol. The fourth-order valence-electron chi connectivity index (χ4n) is 2.86. The maximum absolute atomic E-state index is 11.4. The van der Waals surface area contributed by atoms with Gasteiger partial charge < -0.3 is 15.7 Å². The van der Waals surface area contributed by atoms with Crippen LogP contribution in [0.1, 0.15) is 25.7 Å². The largest absolute Gasteiger partial charge is 0.481 e. The quantitative estimate of drug-likeness (QED) is 0.646. The summed E-state index contributed by atoms with van der Waals surface area (Å²) in [6.07, 6.45) is 8.22. The minimum Gasteiger partial charge on any atom is -0.481 e. The van der Waals surface area contributed by atoms with Crippen LogP contribution in [0.25, 0.3) is 0 Å².